The Labute approximate surface area is 159 Å². The quantitative estimate of drug-likeness (QED) is 0.520. The third kappa shape index (κ3) is 4.21. The smallest absolute Gasteiger partial charge is 0.149 e. The maximum absolute atomic E-state index is 14.3. The second-order valence-electron chi connectivity index (χ2n) is 5.51. The van der Waals surface area contributed by atoms with Crippen LogP contribution in [0.2, 0.25) is 5.02 Å². The Balaban J connectivity index is 1.80. The predicted molar refractivity (Wildman–Crippen MR) is 100 cm³/mol. The Morgan fingerprint density at radius 1 is 1.04 bits per heavy atom. The first-order valence-electron chi connectivity index (χ1n) is 7.64. The summed E-state index contributed by atoms with van der Waals surface area (Å²) in [6.45, 7) is 0.416. The van der Waals surface area contributed by atoms with Gasteiger partial charge in [-0.25, -0.2) is 4.39 Å². The van der Waals surface area contributed by atoms with E-state index in [0.29, 0.717) is 22.4 Å². The summed E-state index contributed by atoms with van der Waals surface area (Å²) in [5, 5.41) is 10.5. The molecule has 5 heteroatoms. The summed E-state index contributed by atoms with van der Waals surface area (Å²) in [5.74, 6) is -0.0387. The molecule has 0 saturated heterocycles. The molecule has 0 spiro atoms. The van der Waals surface area contributed by atoms with Crippen molar-refractivity contribution in [2.75, 3.05) is 0 Å². The molecule has 128 valence electrons. The van der Waals surface area contributed by atoms with Gasteiger partial charge in [0.05, 0.1) is 5.02 Å². The van der Waals surface area contributed by atoms with Crippen molar-refractivity contribution >= 4 is 27.5 Å². The summed E-state index contributed by atoms with van der Waals surface area (Å²) in [6.07, 6.45) is -1.13. The Morgan fingerprint density at radius 2 is 1.80 bits per heavy atom. The van der Waals surface area contributed by atoms with Gasteiger partial charge in [-0.2, -0.15) is 0 Å². The van der Waals surface area contributed by atoms with Crippen LogP contribution in [0.1, 0.15) is 22.8 Å². The summed E-state index contributed by atoms with van der Waals surface area (Å²) in [7, 11) is 0. The lowest BCUT2D eigenvalue weighted by Crippen LogP contribution is -2.04. The molecular formula is C20H15BrClFO2. The third-order valence-electron chi connectivity index (χ3n) is 3.78. The highest BCUT2D eigenvalue weighted by atomic mass is 79.9. The van der Waals surface area contributed by atoms with Crippen molar-refractivity contribution < 1.29 is 14.2 Å². The number of hydrogen-bond donors (Lipinski definition) is 1. The first kappa shape index (κ1) is 17.9. The Morgan fingerprint density at radius 3 is 2.56 bits per heavy atom. The van der Waals surface area contributed by atoms with Gasteiger partial charge in [-0.15, -0.1) is 0 Å². The number of hydrogen-bond acceptors (Lipinski definition) is 2. The molecular weight excluding hydrogens is 407 g/mol. The zero-order chi connectivity index (χ0) is 17.8. The molecule has 0 radical (unpaired) electrons. The Bertz CT molecular complexity index is 871. The topological polar surface area (TPSA) is 29.5 Å². The summed E-state index contributed by atoms with van der Waals surface area (Å²) < 4.78 is 20.5. The second kappa shape index (κ2) is 8.00. The fraction of sp³-hybridized carbons (Fsp3) is 0.100. The van der Waals surface area contributed by atoms with Gasteiger partial charge in [0.15, 0.2) is 0 Å². The maximum Gasteiger partial charge on any atom is 0.149 e. The molecule has 0 amide bonds. The van der Waals surface area contributed by atoms with Crippen LogP contribution in [0, 0.1) is 5.82 Å². The lowest BCUT2D eigenvalue weighted by molar-refractivity contribution is 0.214. The molecule has 0 aliphatic rings. The van der Waals surface area contributed by atoms with Crippen molar-refractivity contribution in [3.8, 4) is 5.75 Å². The van der Waals surface area contributed by atoms with Gasteiger partial charge in [0, 0.05) is 10.0 Å². The normalized spacial score (nSPS) is 12.0. The Kier molecular flexibility index (Phi) is 5.74. The summed E-state index contributed by atoms with van der Waals surface area (Å²) in [6, 6.07) is 19.9. The number of benzene rings is 3. The van der Waals surface area contributed by atoms with Gasteiger partial charge in [0.1, 0.15) is 24.3 Å². The van der Waals surface area contributed by atoms with Gasteiger partial charge in [-0.3, -0.25) is 0 Å². The highest BCUT2D eigenvalue weighted by molar-refractivity contribution is 9.10. The van der Waals surface area contributed by atoms with Crippen molar-refractivity contribution in [3.05, 3.63) is 98.7 Å². The fourth-order valence-electron chi connectivity index (χ4n) is 2.45. The lowest BCUT2D eigenvalue weighted by atomic mass is 10.0. The molecule has 3 rings (SSSR count). The number of aliphatic hydroxyl groups excluding tert-OH is 1. The van der Waals surface area contributed by atoms with E-state index in [9.17, 15) is 9.50 Å². The van der Waals surface area contributed by atoms with Gasteiger partial charge in [0.2, 0.25) is 0 Å². The van der Waals surface area contributed by atoms with E-state index in [1.807, 2.05) is 30.3 Å². The van der Waals surface area contributed by atoms with Crippen molar-refractivity contribution in [3.63, 3.8) is 0 Å². The molecule has 0 aliphatic carbocycles. The summed E-state index contributed by atoms with van der Waals surface area (Å²) in [4.78, 5) is 0. The zero-order valence-electron chi connectivity index (χ0n) is 13.1. The van der Waals surface area contributed by atoms with Crippen LogP contribution in [0.5, 0.6) is 5.75 Å². The highest BCUT2D eigenvalue weighted by Gasteiger charge is 2.19. The molecule has 2 nitrogen and oxygen atoms in total. The van der Waals surface area contributed by atoms with Crippen molar-refractivity contribution in [1.29, 1.82) is 0 Å². The summed E-state index contributed by atoms with van der Waals surface area (Å²) >= 11 is 9.07. The van der Waals surface area contributed by atoms with E-state index < -0.39 is 11.9 Å². The first-order valence-corrected chi connectivity index (χ1v) is 8.81. The molecule has 0 aliphatic heterocycles. The van der Waals surface area contributed by atoms with Crippen molar-refractivity contribution in [2.24, 2.45) is 0 Å². The van der Waals surface area contributed by atoms with Crippen molar-refractivity contribution in [2.45, 2.75) is 12.7 Å². The van der Waals surface area contributed by atoms with Crippen LogP contribution in [0.25, 0.3) is 0 Å². The minimum absolute atomic E-state index is 0.0481. The SMILES string of the molecule is OC(c1cccc(OCc2ccccc2)c1)c1ccc(Br)c(Cl)c1F. The highest BCUT2D eigenvalue weighted by Crippen LogP contribution is 2.33. The van der Waals surface area contributed by atoms with E-state index in [0.717, 1.165) is 5.56 Å². The maximum atomic E-state index is 14.3. The zero-order valence-corrected chi connectivity index (χ0v) is 15.5. The van der Waals surface area contributed by atoms with Crippen LogP contribution < -0.4 is 4.74 Å². The van der Waals surface area contributed by atoms with Crippen LogP contribution in [-0.4, -0.2) is 5.11 Å². The molecule has 0 bridgehead atoms. The molecule has 25 heavy (non-hydrogen) atoms. The largest absolute Gasteiger partial charge is 0.489 e. The Hall–Kier alpha value is -1.88. The predicted octanol–water partition coefficient (Wildman–Crippen LogP) is 5.90. The van der Waals surface area contributed by atoms with Crippen LogP contribution in [0.3, 0.4) is 0 Å². The van der Waals surface area contributed by atoms with Gasteiger partial charge < -0.3 is 9.84 Å². The first-order chi connectivity index (χ1) is 12.1. The molecule has 0 fully saturated rings. The number of aliphatic hydroxyl groups is 1. The van der Waals surface area contributed by atoms with E-state index in [2.05, 4.69) is 15.9 Å². The van der Waals surface area contributed by atoms with Crippen LogP contribution in [0.4, 0.5) is 4.39 Å². The fourth-order valence-corrected chi connectivity index (χ4v) is 2.93. The number of halogens is 3. The minimum Gasteiger partial charge on any atom is -0.489 e. The van der Waals surface area contributed by atoms with Crippen LogP contribution in [0.15, 0.2) is 71.2 Å². The van der Waals surface area contributed by atoms with Crippen molar-refractivity contribution in [1.82, 2.24) is 0 Å². The number of rotatable bonds is 5. The second-order valence-corrected chi connectivity index (χ2v) is 6.75. The van der Waals surface area contributed by atoms with E-state index in [1.54, 1.807) is 30.3 Å². The van der Waals surface area contributed by atoms with Gasteiger partial charge in [-0.05, 0) is 45.3 Å². The van der Waals surface area contributed by atoms with E-state index >= 15 is 0 Å². The molecule has 0 heterocycles. The molecule has 0 aromatic heterocycles. The molecule has 1 N–H and O–H groups in total. The van der Waals surface area contributed by atoms with Gasteiger partial charge >= 0.3 is 0 Å². The molecule has 0 saturated carbocycles. The van der Waals surface area contributed by atoms with Gasteiger partial charge in [-0.1, -0.05) is 60.1 Å². The molecule has 1 unspecified atom stereocenters. The van der Waals surface area contributed by atoms with E-state index in [4.69, 9.17) is 16.3 Å². The lowest BCUT2D eigenvalue weighted by Gasteiger charge is -2.15. The number of ether oxygens (including phenoxy) is 1. The van der Waals surface area contributed by atoms with Gasteiger partial charge in [0.25, 0.3) is 0 Å². The minimum atomic E-state index is -1.13. The van der Waals surface area contributed by atoms with E-state index in [1.165, 1.54) is 6.07 Å². The molecule has 3 aromatic rings. The molecule has 3 aromatic carbocycles. The monoisotopic (exact) mass is 420 g/mol. The van der Waals surface area contributed by atoms with Crippen LogP contribution in [-0.2, 0) is 6.61 Å². The molecule has 1 atom stereocenters. The average Bonchev–Trinajstić information content (AvgIpc) is 2.65. The third-order valence-corrected chi connectivity index (χ3v) is 5.04. The standard InChI is InChI=1S/C20H15BrClFO2/c21-17-10-9-16(19(23)18(17)22)20(24)14-7-4-8-15(11-14)25-12-13-5-2-1-3-6-13/h1-11,20,24H,12H2. The summed E-state index contributed by atoms with van der Waals surface area (Å²) in [5.41, 5.74) is 1.69. The average molecular weight is 422 g/mol. The van der Waals surface area contributed by atoms with E-state index in [-0.39, 0.29) is 10.6 Å². The van der Waals surface area contributed by atoms with Crippen LogP contribution >= 0.6 is 27.5 Å².